The van der Waals surface area contributed by atoms with Crippen molar-refractivity contribution in [1.29, 1.82) is 0 Å². The van der Waals surface area contributed by atoms with E-state index in [2.05, 4.69) is 0 Å². The summed E-state index contributed by atoms with van der Waals surface area (Å²) in [5.74, 6) is -1.63. The first-order chi connectivity index (χ1) is 10.8. The molecule has 0 saturated carbocycles. The molecule has 1 aromatic heterocycles. The maximum absolute atomic E-state index is 14.0. The van der Waals surface area contributed by atoms with Crippen LogP contribution in [0.25, 0.3) is 5.69 Å². The Bertz CT molecular complexity index is 832. The van der Waals surface area contributed by atoms with Gasteiger partial charge in [0.15, 0.2) is 0 Å². The largest absolute Gasteiger partial charge is 0.417 e. The molecule has 0 aliphatic heterocycles. The fraction of sp³-hybridized carbons (Fsp3) is 0.154. The van der Waals surface area contributed by atoms with Gasteiger partial charge in [-0.25, -0.2) is 4.39 Å². The minimum Gasteiger partial charge on any atom is -0.278 e. The lowest BCUT2D eigenvalue weighted by molar-refractivity contribution is -0.138. The molecular weight excluding hydrogens is 390 g/mol. The highest BCUT2D eigenvalue weighted by atomic mass is 35.5. The quantitative estimate of drug-likeness (QED) is 0.601. The smallest absolute Gasteiger partial charge is 0.278 e. The van der Waals surface area contributed by atoms with E-state index in [0.717, 1.165) is 0 Å². The Morgan fingerprint density at radius 2 is 1.33 bits per heavy atom. The molecule has 0 atom stereocenters. The van der Waals surface area contributed by atoms with Crippen molar-refractivity contribution in [2.24, 2.45) is 0 Å². The number of nitrogens with zero attached hydrogens (tertiary/aromatic N) is 1. The zero-order valence-corrected chi connectivity index (χ0v) is 12.6. The molecule has 24 heavy (non-hydrogen) atoms. The molecule has 0 aliphatic rings. The van der Waals surface area contributed by atoms with Crippen LogP contribution < -0.4 is 5.56 Å². The van der Waals surface area contributed by atoms with Gasteiger partial charge in [-0.15, -0.1) is 0 Å². The van der Waals surface area contributed by atoms with Crippen LogP contribution in [0.5, 0.6) is 0 Å². The van der Waals surface area contributed by atoms with Crippen molar-refractivity contribution >= 4 is 23.2 Å². The molecule has 0 aliphatic carbocycles. The normalized spacial score (nSPS) is 12.5. The Kier molecular flexibility index (Phi) is 4.62. The Morgan fingerprint density at radius 3 is 1.79 bits per heavy atom. The van der Waals surface area contributed by atoms with Gasteiger partial charge in [-0.05, 0) is 18.2 Å². The fourth-order valence-corrected chi connectivity index (χ4v) is 2.34. The molecule has 130 valence electrons. The summed E-state index contributed by atoms with van der Waals surface area (Å²) in [5.41, 5.74) is -5.10. The Balaban J connectivity index is 2.78. The van der Waals surface area contributed by atoms with Gasteiger partial charge in [0, 0.05) is 6.20 Å². The molecule has 0 fully saturated rings. The summed E-state index contributed by atoms with van der Waals surface area (Å²) in [6, 6.07) is 0.624. The van der Waals surface area contributed by atoms with Gasteiger partial charge in [0.1, 0.15) is 16.5 Å². The standard InChI is InChI=1S/C13H4Cl2F7NO/c14-7-1-5(12(17,18)19)3-9(16)10(7)23-4-6(13(20,21)22)2-8(15)11(23)24/h1-4H. The van der Waals surface area contributed by atoms with E-state index < -0.39 is 50.6 Å². The third kappa shape index (κ3) is 3.51. The highest BCUT2D eigenvalue weighted by molar-refractivity contribution is 6.32. The van der Waals surface area contributed by atoms with Gasteiger partial charge in [0.25, 0.3) is 5.56 Å². The van der Waals surface area contributed by atoms with Gasteiger partial charge >= 0.3 is 12.4 Å². The molecule has 2 rings (SSSR count). The van der Waals surface area contributed by atoms with E-state index in [0.29, 0.717) is 12.1 Å². The monoisotopic (exact) mass is 393 g/mol. The molecule has 0 N–H and O–H groups in total. The van der Waals surface area contributed by atoms with E-state index in [1.807, 2.05) is 0 Å². The lowest BCUT2D eigenvalue weighted by Gasteiger charge is -2.15. The molecule has 0 spiro atoms. The van der Waals surface area contributed by atoms with Gasteiger partial charge in [-0.3, -0.25) is 9.36 Å². The van der Waals surface area contributed by atoms with Crippen LogP contribution in [0.1, 0.15) is 11.1 Å². The van der Waals surface area contributed by atoms with Gasteiger partial charge in [0.2, 0.25) is 0 Å². The maximum atomic E-state index is 14.0. The van der Waals surface area contributed by atoms with Crippen LogP contribution in [0.3, 0.4) is 0 Å². The van der Waals surface area contributed by atoms with E-state index in [9.17, 15) is 35.5 Å². The second kappa shape index (κ2) is 5.96. The zero-order chi connectivity index (χ0) is 18.4. The van der Waals surface area contributed by atoms with Gasteiger partial charge in [-0.1, -0.05) is 23.2 Å². The number of alkyl halides is 6. The van der Waals surface area contributed by atoms with Gasteiger partial charge in [0.05, 0.1) is 16.1 Å². The van der Waals surface area contributed by atoms with Crippen LogP contribution >= 0.6 is 23.2 Å². The third-order valence-electron chi connectivity index (χ3n) is 2.89. The number of hydrogen-bond donors (Lipinski definition) is 0. The number of rotatable bonds is 1. The van der Waals surface area contributed by atoms with Crippen LogP contribution in [-0.2, 0) is 12.4 Å². The summed E-state index contributed by atoms with van der Waals surface area (Å²) in [7, 11) is 0. The molecule has 2 nitrogen and oxygen atoms in total. The molecule has 0 unspecified atom stereocenters. The number of aromatic nitrogens is 1. The second-order valence-electron chi connectivity index (χ2n) is 4.54. The minimum absolute atomic E-state index is 0.0157. The van der Waals surface area contributed by atoms with Crippen LogP contribution in [-0.4, -0.2) is 4.57 Å². The van der Waals surface area contributed by atoms with Crippen molar-refractivity contribution in [1.82, 2.24) is 4.57 Å². The van der Waals surface area contributed by atoms with E-state index >= 15 is 0 Å². The van der Waals surface area contributed by atoms with E-state index in [4.69, 9.17) is 23.2 Å². The number of benzene rings is 1. The Labute approximate surface area is 139 Å². The number of hydrogen-bond acceptors (Lipinski definition) is 1. The van der Waals surface area contributed by atoms with Crippen molar-refractivity contribution in [3.8, 4) is 5.69 Å². The minimum atomic E-state index is -4.93. The summed E-state index contributed by atoms with van der Waals surface area (Å²) >= 11 is 10.9. The molecule has 0 bridgehead atoms. The first kappa shape index (κ1) is 18.6. The second-order valence-corrected chi connectivity index (χ2v) is 5.35. The van der Waals surface area contributed by atoms with Crippen molar-refractivity contribution in [3.05, 3.63) is 61.7 Å². The SMILES string of the molecule is O=c1c(Cl)cc(C(F)(F)F)cn1-c1c(F)cc(C(F)(F)F)cc1Cl. The van der Waals surface area contributed by atoms with E-state index in [1.54, 1.807) is 0 Å². The molecule has 0 amide bonds. The van der Waals surface area contributed by atoms with Gasteiger partial charge in [-0.2, -0.15) is 26.3 Å². The molecule has 11 heteroatoms. The van der Waals surface area contributed by atoms with Crippen LogP contribution in [0.4, 0.5) is 30.7 Å². The summed E-state index contributed by atoms with van der Waals surface area (Å²) in [6.45, 7) is 0. The molecule has 1 aromatic carbocycles. The lowest BCUT2D eigenvalue weighted by Crippen LogP contribution is -2.23. The predicted molar refractivity (Wildman–Crippen MR) is 72.0 cm³/mol. The predicted octanol–water partition coefficient (Wildman–Crippen LogP) is 5.32. The highest BCUT2D eigenvalue weighted by Crippen LogP contribution is 2.36. The zero-order valence-electron chi connectivity index (χ0n) is 11.1. The van der Waals surface area contributed by atoms with Crippen molar-refractivity contribution < 1.29 is 30.7 Å². The lowest BCUT2D eigenvalue weighted by atomic mass is 10.1. The summed E-state index contributed by atoms with van der Waals surface area (Å²) in [6.07, 6.45) is -9.65. The maximum Gasteiger partial charge on any atom is 0.417 e. The first-order valence-electron chi connectivity index (χ1n) is 5.88. The van der Waals surface area contributed by atoms with Crippen molar-refractivity contribution in [2.45, 2.75) is 12.4 Å². The summed E-state index contributed by atoms with van der Waals surface area (Å²) < 4.78 is 90.2. The number of pyridine rings is 1. The molecule has 0 radical (unpaired) electrons. The summed E-state index contributed by atoms with van der Waals surface area (Å²) in [5, 5.41) is -1.81. The first-order valence-corrected chi connectivity index (χ1v) is 6.64. The Morgan fingerprint density at radius 1 is 0.833 bits per heavy atom. The molecule has 2 aromatic rings. The topological polar surface area (TPSA) is 22.0 Å². The summed E-state index contributed by atoms with van der Waals surface area (Å²) in [4.78, 5) is 11.9. The van der Waals surface area contributed by atoms with E-state index in [-0.39, 0.29) is 16.8 Å². The average molecular weight is 394 g/mol. The average Bonchev–Trinajstić information content (AvgIpc) is 2.40. The Hall–Kier alpha value is -1.74. The molecule has 0 saturated heterocycles. The van der Waals surface area contributed by atoms with E-state index in [1.165, 1.54) is 0 Å². The molecule has 1 heterocycles. The molecular formula is C13H4Cl2F7NO. The van der Waals surface area contributed by atoms with Crippen LogP contribution in [0.15, 0.2) is 29.2 Å². The third-order valence-corrected chi connectivity index (χ3v) is 3.44. The fourth-order valence-electron chi connectivity index (χ4n) is 1.83. The number of halogens is 9. The van der Waals surface area contributed by atoms with Crippen molar-refractivity contribution in [3.63, 3.8) is 0 Å². The highest BCUT2D eigenvalue weighted by Gasteiger charge is 2.34. The van der Waals surface area contributed by atoms with Gasteiger partial charge < -0.3 is 0 Å². The van der Waals surface area contributed by atoms with Crippen LogP contribution in [0.2, 0.25) is 10.0 Å². The van der Waals surface area contributed by atoms with Crippen LogP contribution in [0, 0.1) is 5.82 Å². The van der Waals surface area contributed by atoms with Crippen molar-refractivity contribution in [2.75, 3.05) is 0 Å².